The molecule has 0 unspecified atom stereocenters. The van der Waals surface area contributed by atoms with Crippen molar-refractivity contribution in [3.05, 3.63) is 24.8 Å². The van der Waals surface area contributed by atoms with Crippen LogP contribution in [-0.2, 0) is 32.7 Å². The smallest absolute Gasteiger partial charge is 0.0319 e. The van der Waals surface area contributed by atoms with Gasteiger partial charge >= 0.3 is 0 Å². The molecule has 0 aliphatic heterocycles. The van der Waals surface area contributed by atoms with Crippen LogP contribution >= 0.6 is 0 Å². The maximum atomic E-state index is 7.00. The largest absolute Gasteiger partial charge is 0.400 e. The minimum atomic E-state index is 0. The first kappa shape index (κ1) is 11.9. The normalized spacial score (nSPS) is 6.00. The molecule has 0 aliphatic carbocycles. The van der Waals surface area contributed by atoms with Crippen molar-refractivity contribution in [2.24, 2.45) is 0 Å². The SMILES string of the molecule is CO.[Y].[c-]1ncccn1. The standard InChI is InChI=1S/C4H3N2.CH4O.Y/c1-2-5-4-6-3-1;1-2;/h1-3H;2H,1H3;/q-1;;. The van der Waals surface area contributed by atoms with Gasteiger partial charge < -0.3 is 15.1 Å². The summed E-state index contributed by atoms with van der Waals surface area (Å²) in [5, 5.41) is 7.00. The zero-order chi connectivity index (χ0) is 6.24. The van der Waals surface area contributed by atoms with Gasteiger partial charge in [-0.1, -0.05) is 12.4 Å². The van der Waals surface area contributed by atoms with Crippen molar-refractivity contribution in [1.82, 2.24) is 9.97 Å². The Morgan fingerprint density at radius 2 is 1.67 bits per heavy atom. The number of rotatable bonds is 0. The molecule has 3 nitrogen and oxygen atoms in total. The summed E-state index contributed by atoms with van der Waals surface area (Å²) in [6.45, 7) is 0. The Morgan fingerprint density at radius 3 is 1.78 bits per heavy atom. The van der Waals surface area contributed by atoms with Gasteiger partial charge in [-0.05, 0) is 0 Å². The monoisotopic (exact) mass is 200 g/mol. The Balaban J connectivity index is 0. The Kier molecular flexibility index (Phi) is 14.5. The molecule has 1 rings (SSSR count). The van der Waals surface area contributed by atoms with Gasteiger partial charge in [0.25, 0.3) is 0 Å². The van der Waals surface area contributed by atoms with Crippen LogP contribution in [0.1, 0.15) is 0 Å². The van der Waals surface area contributed by atoms with Gasteiger partial charge in [0, 0.05) is 46.1 Å². The summed E-state index contributed by atoms with van der Waals surface area (Å²) in [5.41, 5.74) is 0. The molecule has 0 bridgehead atoms. The van der Waals surface area contributed by atoms with Gasteiger partial charge in [-0.25, -0.2) is 0 Å². The first-order valence-electron chi connectivity index (χ1n) is 2.08. The summed E-state index contributed by atoms with van der Waals surface area (Å²) in [6.07, 6.45) is 5.66. The maximum Gasteiger partial charge on any atom is 0.0319 e. The van der Waals surface area contributed by atoms with E-state index >= 15 is 0 Å². The molecule has 0 aromatic carbocycles. The van der Waals surface area contributed by atoms with E-state index in [1.165, 1.54) is 0 Å². The molecule has 1 radical (unpaired) electrons. The second-order valence-electron chi connectivity index (χ2n) is 0.849. The van der Waals surface area contributed by atoms with Crippen molar-refractivity contribution in [1.29, 1.82) is 0 Å². The van der Waals surface area contributed by atoms with Crippen LogP contribution in [0.2, 0.25) is 0 Å². The molecule has 9 heavy (non-hydrogen) atoms. The molecule has 0 spiro atoms. The average molecular weight is 200 g/mol. The Bertz CT molecular complexity index is 86.9. The maximum absolute atomic E-state index is 7.00. The predicted octanol–water partition coefficient (Wildman–Crippen LogP) is -0.117. The molecular formula is C5H7N2OY-. The zero-order valence-electron chi connectivity index (χ0n) is 5.15. The van der Waals surface area contributed by atoms with Crippen LogP contribution in [0.3, 0.4) is 0 Å². The molecule has 1 N–H and O–H groups in total. The Hall–Kier alpha value is 0.144. The van der Waals surface area contributed by atoms with E-state index in [1.54, 1.807) is 18.5 Å². The van der Waals surface area contributed by atoms with Crippen LogP contribution in [0, 0.1) is 6.33 Å². The van der Waals surface area contributed by atoms with Crippen LogP contribution in [0.25, 0.3) is 0 Å². The van der Waals surface area contributed by atoms with Gasteiger partial charge in [0.15, 0.2) is 0 Å². The minimum Gasteiger partial charge on any atom is -0.400 e. The van der Waals surface area contributed by atoms with Crippen LogP contribution in [0.15, 0.2) is 18.5 Å². The molecule has 1 aromatic rings. The average Bonchev–Trinajstić information content (AvgIpc) is 1.96. The van der Waals surface area contributed by atoms with Crippen molar-refractivity contribution < 1.29 is 37.8 Å². The predicted molar refractivity (Wildman–Crippen MR) is 29.0 cm³/mol. The fourth-order valence-corrected chi connectivity index (χ4v) is 0.225. The van der Waals surface area contributed by atoms with E-state index in [0.29, 0.717) is 0 Å². The summed E-state index contributed by atoms with van der Waals surface area (Å²) in [4.78, 5) is 7.10. The summed E-state index contributed by atoms with van der Waals surface area (Å²) in [7, 11) is 1.00. The van der Waals surface area contributed by atoms with E-state index in [2.05, 4.69) is 16.3 Å². The van der Waals surface area contributed by atoms with Crippen molar-refractivity contribution in [3.63, 3.8) is 0 Å². The summed E-state index contributed by atoms with van der Waals surface area (Å²) in [6, 6.07) is 1.75. The van der Waals surface area contributed by atoms with Gasteiger partial charge in [0.2, 0.25) is 0 Å². The fraction of sp³-hybridized carbons (Fsp3) is 0.200. The van der Waals surface area contributed by atoms with Crippen LogP contribution in [0.5, 0.6) is 0 Å². The van der Waals surface area contributed by atoms with E-state index in [-0.39, 0.29) is 32.7 Å². The molecule has 0 fully saturated rings. The minimum absolute atomic E-state index is 0. The summed E-state index contributed by atoms with van der Waals surface area (Å²) in [5.74, 6) is 0. The van der Waals surface area contributed by atoms with E-state index in [9.17, 15) is 0 Å². The Labute approximate surface area is 79.4 Å². The van der Waals surface area contributed by atoms with Crippen molar-refractivity contribution >= 4 is 0 Å². The Morgan fingerprint density at radius 1 is 1.22 bits per heavy atom. The third-order valence-corrected chi connectivity index (χ3v) is 0.437. The number of aliphatic hydroxyl groups is 1. The van der Waals surface area contributed by atoms with Gasteiger partial charge in [-0.2, -0.15) is 0 Å². The van der Waals surface area contributed by atoms with Crippen molar-refractivity contribution in [2.45, 2.75) is 0 Å². The van der Waals surface area contributed by atoms with Crippen LogP contribution in [-0.4, -0.2) is 22.2 Å². The van der Waals surface area contributed by atoms with Gasteiger partial charge in [-0.15, -0.1) is 6.07 Å². The zero-order valence-corrected chi connectivity index (χ0v) is 7.99. The molecule has 0 aliphatic rings. The third-order valence-electron chi connectivity index (χ3n) is 0.437. The number of aromatic nitrogens is 2. The fourth-order valence-electron chi connectivity index (χ4n) is 0.225. The van der Waals surface area contributed by atoms with E-state index in [0.717, 1.165) is 7.11 Å². The van der Waals surface area contributed by atoms with Crippen LogP contribution in [0.4, 0.5) is 0 Å². The third kappa shape index (κ3) is 8.14. The van der Waals surface area contributed by atoms with Gasteiger partial charge in [0.05, 0.1) is 0 Å². The molecule has 47 valence electrons. The van der Waals surface area contributed by atoms with E-state index in [4.69, 9.17) is 5.11 Å². The van der Waals surface area contributed by atoms with Gasteiger partial charge in [-0.3, -0.25) is 0 Å². The summed E-state index contributed by atoms with van der Waals surface area (Å²) >= 11 is 0. The van der Waals surface area contributed by atoms with E-state index < -0.39 is 0 Å². The van der Waals surface area contributed by atoms with Crippen LogP contribution < -0.4 is 0 Å². The number of aliphatic hydroxyl groups excluding tert-OH is 1. The molecule has 0 saturated heterocycles. The second-order valence-corrected chi connectivity index (χ2v) is 0.849. The molecule has 1 heterocycles. The first-order valence-corrected chi connectivity index (χ1v) is 2.08. The topological polar surface area (TPSA) is 46.0 Å². The molecule has 0 saturated carbocycles. The van der Waals surface area contributed by atoms with Crippen molar-refractivity contribution in [2.75, 3.05) is 7.11 Å². The number of hydrogen-bond acceptors (Lipinski definition) is 3. The molecule has 0 atom stereocenters. The first-order chi connectivity index (χ1) is 4.00. The molecule has 4 heteroatoms. The number of nitrogens with zero attached hydrogens (tertiary/aromatic N) is 2. The molecule has 1 aromatic heterocycles. The number of hydrogen-bond donors (Lipinski definition) is 1. The van der Waals surface area contributed by atoms with E-state index in [1.807, 2.05) is 0 Å². The second kappa shape index (κ2) is 11.0. The summed E-state index contributed by atoms with van der Waals surface area (Å²) < 4.78 is 0. The molecule has 0 amide bonds. The van der Waals surface area contributed by atoms with Gasteiger partial charge in [0.1, 0.15) is 0 Å². The quantitative estimate of drug-likeness (QED) is 0.594. The molecular weight excluding hydrogens is 193 g/mol. The van der Waals surface area contributed by atoms with Crippen molar-refractivity contribution in [3.8, 4) is 0 Å².